The Labute approximate surface area is 158 Å². The van der Waals surface area contributed by atoms with Gasteiger partial charge in [0.25, 0.3) is 0 Å². The van der Waals surface area contributed by atoms with Crippen molar-refractivity contribution in [2.45, 2.75) is 6.42 Å². The maximum atomic E-state index is 12.4. The Morgan fingerprint density at radius 1 is 1.20 bits per heavy atom. The number of aryl methyl sites for hydroxylation is 1. The number of ether oxygens (including phenoxy) is 1. The third kappa shape index (κ3) is 4.92. The SMILES string of the molecule is Cn1ccnc1CCOc1ccc([B-](F)(F)F)cc1.[K+]. The largest absolute Gasteiger partial charge is 1.00 e. The molecule has 8 heteroatoms. The topological polar surface area (TPSA) is 27.1 Å². The van der Waals surface area contributed by atoms with Gasteiger partial charge in [0, 0.05) is 25.9 Å². The first-order valence-electron chi connectivity index (χ1n) is 5.86. The Hall–Kier alpha value is -0.279. The van der Waals surface area contributed by atoms with Gasteiger partial charge in [-0.2, -0.15) is 0 Å². The number of nitrogens with zero attached hydrogens (tertiary/aromatic N) is 2. The summed E-state index contributed by atoms with van der Waals surface area (Å²) in [7, 11) is 1.88. The van der Waals surface area contributed by atoms with Gasteiger partial charge in [-0.15, -0.1) is 5.46 Å². The molecule has 3 nitrogen and oxygen atoms in total. The van der Waals surface area contributed by atoms with Crippen molar-refractivity contribution >= 4 is 12.4 Å². The van der Waals surface area contributed by atoms with Crippen LogP contribution in [0.25, 0.3) is 0 Å². The summed E-state index contributed by atoms with van der Waals surface area (Å²) in [6.45, 7) is -4.56. The summed E-state index contributed by atoms with van der Waals surface area (Å²) in [5.41, 5.74) is -0.614. The van der Waals surface area contributed by atoms with Crippen molar-refractivity contribution in [2.24, 2.45) is 7.05 Å². The average Bonchev–Trinajstić information content (AvgIpc) is 2.75. The second kappa shape index (κ2) is 7.65. The van der Waals surface area contributed by atoms with E-state index in [2.05, 4.69) is 4.98 Å². The van der Waals surface area contributed by atoms with E-state index < -0.39 is 12.4 Å². The first kappa shape index (κ1) is 17.8. The predicted octanol–water partition coefficient (Wildman–Crippen LogP) is -0.900. The molecule has 1 heterocycles. The molecule has 0 spiro atoms. The van der Waals surface area contributed by atoms with Crippen LogP contribution in [-0.2, 0) is 13.5 Å². The number of halogens is 3. The molecule has 20 heavy (non-hydrogen) atoms. The van der Waals surface area contributed by atoms with E-state index in [1.54, 1.807) is 6.20 Å². The third-order valence-electron chi connectivity index (χ3n) is 2.77. The Morgan fingerprint density at radius 3 is 2.35 bits per heavy atom. The molecule has 0 bridgehead atoms. The molecular formula is C12H13BF3KN2O. The maximum absolute atomic E-state index is 12.4. The minimum atomic E-state index is -4.94. The molecular weight excluding hydrogens is 295 g/mol. The average molecular weight is 308 g/mol. The van der Waals surface area contributed by atoms with Gasteiger partial charge in [-0.3, -0.25) is 0 Å². The molecule has 0 amide bonds. The standard InChI is InChI=1S/C12H13BF3N2O.K/c1-18-8-7-17-12(18)6-9-19-11-4-2-10(3-5-11)13(14,15)16;/h2-5,7-8H,6,9H2,1H3;/q-1;+1. The summed E-state index contributed by atoms with van der Waals surface area (Å²) >= 11 is 0. The molecule has 0 N–H and O–H groups in total. The monoisotopic (exact) mass is 308 g/mol. The predicted molar refractivity (Wildman–Crippen MR) is 67.6 cm³/mol. The van der Waals surface area contributed by atoms with Crippen molar-refractivity contribution in [2.75, 3.05) is 6.61 Å². The quantitative estimate of drug-likeness (QED) is 0.670. The van der Waals surface area contributed by atoms with E-state index >= 15 is 0 Å². The number of imidazole rings is 1. The van der Waals surface area contributed by atoms with Gasteiger partial charge in [-0.05, 0) is 12.1 Å². The minimum absolute atomic E-state index is 0. The number of hydrogen-bond donors (Lipinski definition) is 0. The Bertz CT molecular complexity index is 542. The van der Waals surface area contributed by atoms with Gasteiger partial charge in [-0.25, -0.2) is 4.98 Å². The van der Waals surface area contributed by atoms with Crippen LogP contribution in [0.4, 0.5) is 12.9 Å². The fraction of sp³-hybridized carbons (Fsp3) is 0.250. The molecule has 2 rings (SSSR count). The van der Waals surface area contributed by atoms with Gasteiger partial charge in [-0.1, -0.05) is 12.1 Å². The van der Waals surface area contributed by atoms with E-state index in [9.17, 15) is 12.9 Å². The van der Waals surface area contributed by atoms with Crippen LogP contribution in [0.2, 0.25) is 0 Å². The molecule has 0 aliphatic heterocycles. The number of hydrogen-bond acceptors (Lipinski definition) is 2. The molecule has 0 unspecified atom stereocenters. The summed E-state index contributed by atoms with van der Waals surface area (Å²) in [5, 5.41) is 0. The molecule has 0 aliphatic rings. The van der Waals surface area contributed by atoms with Gasteiger partial charge < -0.3 is 22.3 Å². The summed E-state index contributed by atoms with van der Waals surface area (Å²) in [4.78, 5) is 4.13. The third-order valence-corrected chi connectivity index (χ3v) is 2.77. The van der Waals surface area contributed by atoms with Crippen LogP contribution in [0.1, 0.15) is 5.82 Å². The second-order valence-electron chi connectivity index (χ2n) is 4.20. The van der Waals surface area contributed by atoms with Gasteiger partial charge in [0.1, 0.15) is 11.6 Å². The molecule has 0 aliphatic carbocycles. The van der Waals surface area contributed by atoms with Crippen molar-refractivity contribution in [3.63, 3.8) is 0 Å². The number of rotatable bonds is 5. The summed E-state index contributed by atoms with van der Waals surface area (Å²) in [6, 6.07) is 4.75. The van der Waals surface area contributed by atoms with Crippen LogP contribution in [0, 0.1) is 0 Å². The van der Waals surface area contributed by atoms with Crippen LogP contribution in [0.3, 0.4) is 0 Å². The fourth-order valence-electron chi connectivity index (χ4n) is 1.68. The van der Waals surface area contributed by atoms with Crippen LogP contribution < -0.4 is 61.6 Å². The normalized spacial score (nSPS) is 11.0. The molecule has 0 atom stereocenters. The Morgan fingerprint density at radius 2 is 1.85 bits per heavy atom. The summed E-state index contributed by atoms with van der Waals surface area (Å²) in [5.74, 6) is 1.30. The van der Waals surface area contributed by atoms with Gasteiger partial charge in [0.05, 0.1) is 6.61 Å². The first-order valence-corrected chi connectivity index (χ1v) is 5.86. The summed E-state index contributed by atoms with van der Waals surface area (Å²) < 4.78 is 44.5. The van der Waals surface area contributed by atoms with E-state index in [0.717, 1.165) is 18.0 Å². The van der Waals surface area contributed by atoms with Gasteiger partial charge in [0.2, 0.25) is 0 Å². The first-order chi connectivity index (χ1) is 8.97. The van der Waals surface area contributed by atoms with E-state index in [1.165, 1.54) is 12.1 Å². The fourth-order valence-corrected chi connectivity index (χ4v) is 1.68. The van der Waals surface area contributed by atoms with Crippen molar-refractivity contribution in [3.8, 4) is 5.75 Å². The molecule has 0 radical (unpaired) electrons. The van der Waals surface area contributed by atoms with Crippen molar-refractivity contribution in [1.29, 1.82) is 0 Å². The van der Waals surface area contributed by atoms with Crippen LogP contribution >= 0.6 is 0 Å². The van der Waals surface area contributed by atoms with Crippen molar-refractivity contribution in [3.05, 3.63) is 42.5 Å². The smallest absolute Gasteiger partial charge is 0.493 e. The van der Waals surface area contributed by atoms with Gasteiger partial charge >= 0.3 is 58.4 Å². The minimum Gasteiger partial charge on any atom is -0.493 e. The van der Waals surface area contributed by atoms with Crippen LogP contribution in [0.5, 0.6) is 5.75 Å². The molecule has 0 saturated carbocycles. The number of aromatic nitrogens is 2. The van der Waals surface area contributed by atoms with E-state index in [1.807, 2.05) is 17.8 Å². The molecule has 0 fully saturated rings. The second-order valence-corrected chi connectivity index (χ2v) is 4.20. The Kier molecular flexibility index (Phi) is 6.80. The Balaban J connectivity index is 0.00000200. The van der Waals surface area contributed by atoms with E-state index in [0.29, 0.717) is 18.8 Å². The summed E-state index contributed by atoms with van der Waals surface area (Å²) in [6.07, 6.45) is 4.12. The van der Waals surface area contributed by atoms with Crippen molar-refractivity contribution < 1.29 is 69.1 Å². The van der Waals surface area contributed by atoms with Crippen molar-refractivity contribution in [1.82, 2.24) is 9.55 Å². The van der Waals surface area contributed by atoms with E-state index in [-0.39, 0.29) is 51.4 Å². The zero-order valence-electron chi connectivity index (χ0n) is 11.4. The zero-order chi connectivity index (χ0) is 13.9. The van der Waals surface area contributed by atoms with Crippen LogP contribution in [-0.4, -0.2) is 23.1 Å². The zero-order valence-corrected chi connectivity index (χ0v) is 14.5. The van der Waals surface area contributed by atoms with Gasteiger partial charge in [0.15, 0.2) is 0 Å². The number of benzene rings is 1. The molecule has 1 aromatic carbocycles. The molecule has 102 valence electrons. The van der Waals surface area contributed by atoms with Crippen LogP contribution in [0.15, 0.2) is 36.7 Å². The van der Waals surface area contributed by atoms with E-state index in [4.69, 9.17) is 4.74 Å². The molecule has 1 aromatic heterocycles. The maximum Gasteiger partial charge on any atom is 1.00 e. The molecule has 2 aromatic rings. The molecule has 0 saturated heterocycles.